The molecule has 0 spiro atoms. The van der Waals surface area contributed by atoms with Crippen LogP contribution in [0.5, 0.6) is 0 Å². The molecule has 0 bridgehead atoms. The number of carbonyl (C=O) groups excluding carboxylic acids is 1. The number of esters is 1. The molecule has 0 radical (unpaired) electrons. The van der Waals surface area contributed by atoms with E-state index in [-0.39, 0.29) is 23.4 Å². The van der Waals surface area contributed by atoms with Crippen molar-refractivity contribution in [1.82, 2.24) is 0 Å². The quantitative estimate of drug-likeness (QED) is 0.525. The highest BCUT2D eigenvalue weighted by Gasteiger charge is 2.49. The molecule has 4 nitrogen and oxygen atoms in total. The lowest BCUT2D eigenvalue weighted by Crippen LogP contribution is -2.32. The van der Waals surface area contributed by atoms with Crippen molar-refractivity contribution in [2.45, 2.75) is 26.9 Å². The average Bonchev–Trinajstić information content (AvgIpc) is 2.51. The molecule has 0 aromatic rings. The third-order valence-corrected chi connectivity index (χ3v) is 2.37. The molecular formula is C9H13NO3. The van der Waals surface area contributed by atoms with E-state index in [0.29, 0.717) is 6.61 Å². The standard InChI is InChI=1S/C9H13NO3/c1-9(2,3)7-6-5(13-10-7)4-12-8(6)11/h5-6H,4H2,1-3H3/t5-,6+/m1/s1. The van der Waals surface area contributed by atoms with Crippen LogP contribution < -0.4 is 0 Å². The maximum atomic E-state index is 11.3. The Morgan fingerprint density at radius 1 is 1.46 bits per heavy atom. The number of nitrogens with zero attached hydrogens (tertiary/aromatic N) is 1. The van der Waals surface area contributed by atoms with Crippen LogP contribution in [0.3, 0.4) is 0 Å². The molecule has 0 aliphatic carbocycles. The molecule has 4 heteroatoms. The minimum Gasteiger partial charge on any atom is -0.461 e. The number of ether oxygens (including phenoxy) is 1. The summed E-state index contributed by atoms with van der Waals surface area (Å²) in [6.07, 6.45) is -0.179. The number of hydrogen-bond donors (Lipinski definition) is 0. The average molecular weight is 183 g/mol. The molecule has 0 N–H and O–H groups in total. The summed E-state index contributed by atoms with van der Waals surface area (Å²) in [5.74, 6) is -0.462. The van der Waals surface area contributed by atoms with Crippen molar-refractivity contribution in [3.8, 4) is 0 Å². The number of cyclic esters (lactones) is 1. The van der Waals surface area contributed by atoms with Crippen LogP contribution in [0.2, 0.25) is 0 Å². The van der Waals surface area contributed by atoms with Crippen molar-refractivity contribution in [1.29, 1.82) is 0 Å². The largest absolute Gasteiger partial charge is 0.461 e. The van der Waals surface area contributed by atoms with Crippen molar-refractivity contribution in [2.24, 2.45) is 16.5 Å². The van der Waals surface area contributed by atoms with E-state index >= 15 is 0 Å². The smallest absolute Gasteiger partial charge is 0.319 e. The Balaban J connectivity index is 2.27. The van der Waals surface area contributed by atoms with Crippen molar-refractivity contribution < 1.29 is 14.4 Å². The van der Waals surface area contributed by atoms with Gasteiger partial charge in [-0.25, -0.2) is 0 Å². The van der Waals surface area contributed by atoms with E-state index in [1.807, 2.05) is 20.8 Å². The van der Waals surface area contributed by atoms with Gasteiger partial charge in [-0.05, 0) is 0 Å². The van der Waals surface area contributed by atoms with Crippen molar-refractivity contribution in [2.75, 3.05) is 6.61 Å². The SMILES string of the molecule is CC(C)(C)C1=NO[C@@H]2COC(=O)[C@H]12. The Kier molecular flexibility index (Phi) is 1.62. The second-order valence-electron chi connectivity index (χ2n) is 4.48. The molecule has 72 valence electrons. The highest BCUT2D eigenvalue weighted by atomic mass is 16.7. The van der Waals surface area contributed by atoms with Gasteiger partial charge in [-0.15, -0.1) is 0 Å². The maximum absolute atomic E-state index is 11.3. The van der Waals surface area contributed by atoms with Gasteiger partial charge in [0.1, 0.15) is 12.5 Å². The van der Waals surface area contributed by atoms with Gasteiger partial charge in [0.05, 0.1) is 5.71 Å². The first-order valence-corrected chi connectivity index (χ1v) is 4.41. The predicted octanol–water partition coefficient (Wildman–Crippen LogP) is 0.960. The predicted molar refractivity (Wildman–Crippen MR) is 46.2 cm³/mol. The second-order valence-corrected chi connectivity index (χ2v) is 4.48. The summed E-state index contributed by atoms with van der Waals surface area (Å²) in [4.78, 5) is 16.5. The molecule has 0 amide bonds. The van der Waals surface area contributed by atoms with E-state index < -0.39 is 0 Å². The summed E-state index contributed by atoms with van der Waals surface area (Å²) >= 11 is 0. The normalized spacial score (nSPS) is 32.2. The van der Waals surface area contributed by atoms with Gasteiger partial charge in [-0.1, -0.05) is 25.9 Å². The molecule has 0 unspecified atom stereocenters. The Bertz CT molecular complexity index is 277. The molecule has 2 heterocycles. The Morgan fingerprint density at radius 3 is 2.77 bits per heavy atom. The molecule has 13 heavy (non-hydrogen) atoms. The van der Waals surface area contributed by atoms with Crippen molar-refractivity contribution in [3.05, 3.63) is 0 Å². The lowest BCUT2D eigenvalue weighted by atomic mass is 9.81. The zero-order valence-electron chi connectivity index (χ0n) is 8.03. The van der Waals surface area contributed by atoms with E-state index in [4.69, 9.17) is 9.57 Å². The van der Waals surface area contributed by atoms with Gasteiger partial charge in [0, 0.05) is 5.41 Å². The number of fused-ring (bicyclic) bond motifs is 1. The molecule has 1 saturated heterocycles. The third kappa shape index (κ3) is 1.20. The molecule has 0 saturated carbocycles. The van der Waals surface area contributed by atoms with Crippen molar-refractivity contribution >= 4 is 11.7 Å². The molecule has 0 aromatic carbocycles. The summed E-state index contributed by atoms with van der Waals surface area (Å²) < 4.78 is 4.90. The van der Waals surface area contributed by atoms with E-state index in [1.54, 1.807) is 0 Å². The van der Waals surface area contributed by atoms with E-state index in [2.05, 4.69) is 5.16 Å². The summed E-state index contributed by atoms with van der Waals surface area (Å²) in [5, 5.41) is 3.96. The van der Waals surface area contributed by atoms with Crippen LogP contribution in [-0.2, 0) is 14.4 Å². The Morgan fingerprint density at radius 2 is 2.15 bits per heavy atom. The zero-order valence-corrected chi connectivity index (χ0v) is 8.03. The summed E-state index contributed by atoms with van der Waals surface area (Å²) in [6.45, 7) is 6.39. The van der Waals surface area contributed by atoms with Crippen molar-refractivity contribution in [3.63, 3.8) is 0 Å². The van der Waals surface area contributed by atoms with Crippen LogP contribution in [0, 0.1) is 11.3 Å². The topological polar surface area (TPSA) is 47.9 Å². The number of carbonyl (C=O) groups is 1. The molecule has 2 rings (SSSR count). The molecule has 0 aromatic heterocycles. The van der Waals surface area contributed by atoms with Gasteiger partial charge >= 0.3 is 5.97 Å². The minimum absolute atomic E-state index is 0.122. The first-order valence-electron chi connectivity index (χ1n) is 4.41. The van der Waals surface area contributed by atoms with E-state index in [1.165, 1.54) is 0 Å². The minimum atomic E-state index is -0.264. The fourth-order valence-electron chi connectivity index (χ4n) is 1.67. The molecular weight excluding hydrogens is 170 g/mol. The monoisotopic (exact) mass is 183 g/mol. The van der Waals surface area contributed by atoms with E-state index in [9.17, 15) is 4.79 Å². The fourth-order valence-corrected chi connectivity index (χ4v) is 1.67. The van der Waals surface area contributed by atoms with Crippen LogP contribution in [0.4, 0.5) is 0 Å². The Hall–Kier alpha value is -1.06. The zero-order chi connectivity index (χ0) is 9.64. The third-order valence-electron chi connectivity index (χ3n) is 2.37. The van der Waals surface area contributed by atoms with Gasteiger partial charge in [0.2, 0.25) is 0 Å². The van der Waals surface area contributed by atoms with Crippen LogP contribution in [0.1, 0.15) is 20.8 Å². The Labute approximate surface area is 76.9 Å². The maximum Gasteiger partial charge on any atom is 0.319 e. The van der Waals surface area contributed by atoms with Gasteiger partial charge in [0.15, 0.2) is 6.10 Å². The van der Waals surface area contributed by atoms with Crippen LogP contribution in [-0.4, -0.2) is 24.4 Å². The number of rotatable bonds is 0. The summed E-state index contributed by atoms with van der Waals surface area (Å²) in [7, 11) is 0. The molecule has 2 atom stereocenters. The lowest BCUT2D eigenvalue weighted by molar-refractivity contribution is -0.139. The molecule has 1 fully saturated rings. The van der Waals surface area contributed by atoms with Crippen LogP contribution in [0.15, 0.2) is 5.16 Å². The lowest BCUT2D eigenvalue weighted by Gasteiger charge is -2.19. The van der Waals surface area contributed by atoms with Gasteiger partial charge in [-0.3, -0.25) is 4.79 Å². The molecule has 2 aliphatic rings. The summed E-state index contributed by atoms with van der Waals surface area (Å²) in [6, 6.07) is 0. The van der Waals surface area contributed by atoms with Gasteiger partial charge < -0.3 is 9.57 Å². The second kappa shape index (κ2) is 2.47. The van der Waals surface area contributed by atoms with E-state index in [0.717, 1.165) is 5.71 Å². The van der Waals surface area contributed by atoms with Crippen LogP contribution >= 0.6 is 0 Å². The van der Waals surface area contributed by atoms with Crippen LogP contribution in [0.25, 0.3) is 0 Å². The highest BCUT2D eigenvalue weighted by molar-refractivity contribution is 6.06. The number of oxime groups is 1. The first-order chi connectivity index (χ1) is 6.00. The molecule has 2 aliphatic heterocycles. The summed E-state index contributed by atoms with van der Waals surface area (Å²) in [5.41, 5.74) is 0.683. The first kappa shape index (κ1) is 8.53. The highest BCUT2D eigenvalue weighted by Crippen LogP contribution is 2.34. The van der Waals surface area contributed by atoms with Gasteiger partial charge in [-0.2, -0.15) is 0 Å². The van der Waals surface area contributed by atoms with Gasteiger partial charge in [0.25, 0.3) is 0 Å². The fraction of sp³-hybridized carbons (Fsp3) is 0.778. The number of hydrogen-bond acceptors (Lipinski definition) is 4.